The lowest BCUT2D eigenvalue weighted by Crippen LogP contribution is -2.31. The molecule has 0 fully saturated rings. The topological polar surface area (TPSA) is 55.3 Å². The van der Waals surface area contributed by atoms with Gasteiger partial charge < -0.3 is 4.74 Å². The predicted octanol–water partition coefficient (Wildman–Crippen LogP) is 4.33. The van der Waals surface area contributed by atoms with E-state index in [4.69, 9.17) is 4.74 Å². The number of nitrogens with zero attached hydrogens (tertiary/aromatic N) is 3. The number of aromatic nitrogens is 2. The van der Waals surface area contributed by atoms with Crippen LogP contribution in [-0.2, 0) is 0 Å². The van der Waals surface area contributed by atoms with Crippen LogP contribution in [0.15, 0.2) is 41.8 Å². The zero-order chi connectivity index (χ0) is 16.9. The molecule has 0 saturated heterocycles. The van der Waals surface area contributed by atoms with Crippen LogP contribution in [-0.4, -0.2) is 29.8 Å². The van der Waals surface area contributed by atoms with E-state index in [0.29, 0.717) is 16.6 Å². The molecule has 0 aliphatic heterocycles. The van der Waals surface area contributed by atoms with Crippen LogP contribution in [0.2, 0.25) is 0 Å². The van der Waals surface area contributed by atoms with E-state index in [1.165, 1.54) is 22.7 Å². The van der Waals surface area contributed by atoms with Gasteiger partial charge in [0.1, 0.15) is 10.8 Å². The Morgan fingerprint density at radius 3 is 2.62 bits per heavy atom. The average Bonchev–Trinajstić information content (AvgIpc) is 3.31. The minimum Gasteiger partial charge on any atom is -0.497 e. The van der Waals surface area contributed by atoms with Crippen LogP contribution in [0.1, 0.15) is 23.0 Å². The number of thiophene rings is 1. The maximum Gasteiger partial charge on any atom is 0.270 e. The lowest BCUT2D eigenvalue weighted by molar-refractivity contribution is 0.0990. The van der Waals surface area contributed by atoms with Crippen LogP contribution in [0.3, 0.4) is 0 Å². The van der Waals surface area contributed by atoms with Crippen LogP contribution in [0.5, 0.6) is 5.75 Å². The van der Waals surface area contributed by atoms with Crippen molar-refractivity contribution in [2.75, 3.05) is 18.6 Å². The Labute approximate surface area is 148 Å². The number of carbonyl (C=O) groups is 1. The first kappa shape index (κ1) is 16.6. The monoisotopic (exact) mass is 359 g/mol. The highest BCUT2D eigenvalue weighted by molar-refractivity contribution is 7.18. The zero-order valence-electron chi connectivity index (χ0n) is 13.4. The van der Waals surface area contributed by atoms with Crippen molar-refractivity contribution in [2.24, 2.45) is 0 Å². The normalized spacial score (nSPS) is 10.6. The van der Waals surface area contributed by atoms with Crippen molar-refractivity contribution in [2.45, 2.75) is 13.3 Å². The third kappa shape index (κ3) is 3.47. The summed E-state index contributed by atoms with van der Waals surface area (Å²) in [6, 6.07) is 11.4. The summed E-state index contributed by atoms with van der Waals surface area (Å²) in [7, 11) is 1.64. The lowest BCUT2D eigenvalue weighted by Gasteiger charge is -2.17. The number of carbonyl (C=O) groups excluding carboxylic acids is 1. The summed E-state index contributed by atoms with van der Waals surface area (Å²) >= 11 is 2.86. The van der Waals surface area contributed by atoms with Crippen LogP contribution >= 0.6 is 22.7 Å². The molecule has 0 aliphatic carbocycles. The van der Waals surface area contributed by atoms with E-state index in [0.717, 1.165) is 22.7 Å². The molecule has 3 rings (SSSR count). The molecule has 5 nitrogen and oxygen atoms in total. The SMILES string of the molecule is CCCN(C(=O)c1cccs1)c1nnc(-c2ccc(OC)cc2)s1. The van der Waals surface area contributed by atoms with Crippen molar-refractivity contribution in [3.63, 3.8) is 0 Å². The number of hydrogen-bond acceptors (Lipinski definition) is 6. The fraction of sp³-hybridized carbons (Fsp3) is 0.235. The van der Waals surface area contributed by atoms with Crippen molar-refractivity contribution in [3.8, 4) is 16.3 Å². The minimum absolute atomic E-state index is 0.0238. The molecule has 0 atom stereocenters. The van der Waals surface area contributed by atoms with E-state index >= 15 is 0 Å². The second kappa shape index (κ2) is 7.55. The zero-order valence-corrected chi connectivity index (χ0v) is 15.1. The summed E-state index contributed by atoms with van der Waals surface area (Å²) in [6.45, 7) is 2.66. The van der Waals surface area contributed by atoms with E-state index in [2.05, 4.69) is 10.2 Å². The highest BCUT2D eigenvalue weighted by Crippen LogP contribution is 2.31. The van der Waals surface area contributed by atoms with Crippen LogP contribution < -0.4 is 9.64 Å². The molecule has 0 aliphatic rings. The Balaban J connectivity index is 1.87. The summed E-state index contributed by atoms with van der Waals surface area (Å²) < 4.78 is 5.17. The number of benzene rings is 1. The number of methoxy groups -OCH3 is 1. The van der Waals surface area contributed by atoms with Gasteiger partial charge in [0, 0.05) is 12.1 Å². The lowest BCUT2D eigenvalue weighted by atomic mass is 10.2. The molecule has 7 heteroatoms. The van der Waals surface area contributed by atoms with E-state index < -0.39 is 0 Å². The largest absolute Gasteiger partial charge is 0.497 e. The van der Waals surface area contributed by atoms with E-state index in [9.17, 15) is 4.79 Å². The number of hydrogen-bond donors (Lipinski definition) is 0. The number of rotatable bonds is 6. The van der Waals surface area contributed by atoms with Gasteiger partial charge >= 0.3 is 0 Å². The average molecular weight is 359 g/mol. The van der Waals surface area contributed by atoms with Crippen molar-refractivity contribution in [1.82, 2.24) is 10.2 Å². The first-order chi connectivity index (χ1) is 11.7. The molecule has 24 heavy (non-hydrogen) atoms. The van der Waals surface area contributed by atoms with Gasteiger partial charge in [-0.25, -0.2) is 0 Å². The van der Waals surface area contributed by atoms with Gasteiger partial charge in [-0.15, -0.1) is 21.5 Å². The molecule has 2 heterocycles. The van der Waals surface area contributed by atoms with Crippen LogP contribution in [0.25, 0.3) is 10.6 Å². The number of anilines is 1. The Morgan fingerprint density at radius 2 is 2.00 bits per heavy atom. The molecule has 0 N–H and O–H groups in total. The van der Waals surface area contributed by atoms with E-state index in [1.54, 1.807) is 12.0 Å². The quantitative estimate of drug-likeness (QED) is 0.657. The molecule has 0 saturated carbocycles. The van der Waals surface area contributed by atoms with Gasteiger partial charge in [0.05, 0.1) is 12.0 Å². The van der Waals surface area contributed by atoms with Crippen LogP contribution in [0, 0.1) is 0 Å². The molecule has 0 unspecified atom stereocenters. The number of ether oxygens (including phenoxy) is 1. The molecule has 1 aromatic carbocycles. The third-order valence-electron chi connectivity index (χ3n) is 3.41. The summed E-state index contributed by atoms with van der Waals surface area (Å²) in [4.78, 5) is 15.1. The van der Waals surface area contributed by atoms with Crippen molar-refractivity contribution < 1.29 is 9.53 Å². The molecule has 124 valence electrons. The van der Waals surface area contributed by atoms with Gasteiger partial charge in [-0.3, -0.25) is 9.69 Å². The molecular weight excluding hydrogens is 342 g/mol. The standard InChI is InChI=1S/C17H17N3O2S2/c1-3-10-20(16(21)14-5-4-11-23-14)17-19-18-15(24-17)12-6-8-13(22-2)9-7-12/h4-9,11H,3,10H2,1-2H3. The Morgan fingerprint density at radius 1 is 1.21 bits per heavy atom. The Hall–Kier alpha value is -2.25. The maximum absolute atomic E-state index is 12.7. The second-order valence-corrected chi connectivity index (χ2v) is 6.96. The minimum atomic E-state index is -0.0238. The van der Waals surface area contributed by atoms with Gasteiger partial charge in [0.15, 0.2) is 0 Å². The molecular formula is C17H17N3O2S2. The molecule has 1 amide bonds. The first-order valence-electron chi connectivity index (χ1n) is 7.56. The van der Waals surface area contributed by atoms with Crippen molar-refractivity contribution in [1.29, 1.82) is 0 Å². The van der Waals surface area contributed by atoms with Gasteiger partial charge in [0.25, 0.3) is 5.91 Å². The van der Waals surface area contributed by atoms with Gasteiger partial charge in [-0.05, 0) is 42.1 Å². The summed E-state index contributed by atoms with van der Waals surface area (Å²) in [5, 5.41) is 11.8. The highest BCUT2D eigenvalue weighted by Gasteiger charge is 2.21. The summed E-state index contributed by atoms with van der Waals surface area (Å²) in [5.74, 6) is 0.772. The van der Waals surface area contributed by atoms with Gasteiger partial charge in [-0.2, -0.15) is 0 Å². The van der Waals surface area contributed by atoms with E-state index in [-0.39, 0.29) is 5.91 Å². The summed E-state index contributed by atoms with van der Waals surface area (Å²) in [5.41, 5.74) is 0.958. The van der Waals surface area contributed by atoms with Crippen molar-refractivity contribution >= 4 is 33.7 Å². The maximum atomic E-state index is 12.7. The molecule has 2 aromatic heterocycles. The Kier molecular flexibility index (Phi) is 5.22. The smallest absolute Gasteiger partial charge is 0.270 e. The van der Waals surface area contributed by atoms with Gasteiger partial charge in [0.2, 0.25) is 5.13 Å². The van der Waals surface area contributed by atoms with Gasteiger partial charge in [-0.1, -0.05) is 24.3 Å². The number of amides is 1. The molecule has 0 bridgehead atoms. The summed E-state index contributed by atoms with van der Waals surface area (Å²) in [6.07, 6.45) is 0.856. The van der Waals surface area contributed by atoms with Crippen LogP contribution in [0.4, 0.5) is 5.13 Å². The first-order valence-corrected chi connectivity index (χ1v) is 9.26. The second-order valence-electron chi connectivity index (χ2n) is 5.05. The fourth-order valence-electron chi connectivity index (χ4n) is 2.22. The molecule has 0 radical (unpaired) electrons. The molecule has 3 aromatic rings. The van der Waals surface area contributed by atoms with Crippen molar-refractivity contribution in [3.05, 3.63) is 46.7 Å². The van der Waals surface area contributed by atoms with E-state index in [1.807, 2.05) is 48.7 Å². The molecule has 0 spiro atoms. The highest BCUT2D eigenvalue weighted by atomic mass is 32.1. The third-order valence-corrected chi connectivity index (χ3v) is 5.26. The predicted molar refractivity (Wildman–Crippen MR) is 98.2 cm³/mol. The fourth-order valence-corrected chi connectivity index (χ4v) is 3.76. The Bertz CT molecular complexity index is 798.